The molecule has 0 atom stereocenters. The molecule has 0 heterocycles. The lowest BCUT2D eigenvalue weighted by Gasteiger charge is -2.23. The average Bonchev–Trinajstić information content (AvgIpc) is 3.34. The smallest absolute Gasteiger partial charge is 0.193 e. The van der Waals surface area contributed by atoms with E-state index in [4.69, 9.17) is 21.3 Å². The van der Waals surface area contributed by atoms with E-state index in [0.29, 0.717) is 5.41 Å². The number of rotatable bonds is 9. The lowest BCUT2D eigenvalue weighted by molar-refractivity contribution is 0.129. The number of halogens is 1. The van der Waals surface area contributed by atoms with Crippen LogP contribution in [0.1, 0.15) is 38.7 Å². The summed E-state index contributed by atoms with van der Waals surface area (Å²) in [7, 11) is 2.08. The molecule has 4 nitrogen and oxygen atoms in total. The van der Waals surface area contributed by atoms with Crippen LogP contribution >= 0.6 is 11.6 Å². The van der Waals surface area contributed by atoms with Crippen LogP contribution in [0, 0.1) is 5.41 Å². The summed E-state index contributed by atoms with van der Waals surface area (Å²) in [6.45, 7) is 8.37. The van der Waals surface area contributed by atoms with Crippen LogP contribution in [0.5, 0.6) is 0 Å². The molecule has 1 aromatic carbocycles. The van der Waals surface area contributed by atoms with Crippen LogP contribution in [0.4, 0.5) is 0 Å². The van der Waals surface area contributed by atoms with Crippen molar-refractivity contribution >= 4 is 17.6 Å². The van der Waals surface area contributed by atoms with E-state index >= 15 is 0 Å². The zero-order valence-electron chi connectivity index (χ0n) is 15.1. The Balaban J connectivity index is 1.93. The van der Waals surface area contributed by atoms with Crippen molar-refractivity contribution in [1.29, 1.82) is 0 Å². The van der Waals surface area contributed by atoms with E-state index in [1.807, 2.05) is 19.1 Å². The van der Waals surface area contributed by atoms with E-state index in [9.17, 15) is 0 Å². The standard InChI is InChI=1S/C19H30ClN3O/c1-4-21-18(22-15-19(10-11-19)12-13-24-5-2)23(3)14-16-6-8-17(20)9-7-16/h6-9H,4-5,10-15H2,1-3H3,(H,21,22). The number of ether oxygens (including phenoxy) is 1. The second-order valence-electron chi connectivity index (χ2n) is 6.60. The first-order valence-electron chi connectivity index (χ1n) is 8.90. The number of nitrogens with zero attached hydrogens (tertiary/aromatic N) is 2. The third-order valence-corrected chi connectivity index (χ3v) is 4.78. The van der Waals surface area contributed by atoms with Crippen molar-refractivity contribution in [3.8, 4) is 0 Å². The second-order valence-corrected chi connectivity index (χ2v) is 7.04. The van der Waals surface area contributed by atoms with Gasteiger partial charge in [-0.25, -0.2) is 0 Å². The van der Waals surface area contributed by atoms with E-state index in [1.54, 1.807) is 0 Å². The molecule has 0 unspecified atom stereocenters. The molecule has 24 heavy (non-hydrogen) atoms. The molecule has 0 radical (unpaired) electrons. The molecular weight excluding hydrogens is 322 g/mol. The fraction of sp³-hybridized carbons (Fsp3) is 0.632. The van der Waals surface area contributed by atoms with Crippen LogP contribution in [0.25, 0.3) is 0 Å². The molecule has 0 aliphatic heterocycles. The minimum Gasteiger partial charge on any atom is -0.382 e. The fourth-order valence-electron chi connectivity index (χ4n) is 2.75. The molecule has 0 amide bonds. The van der Waals surface area contributed by atoms with Gasteiger partial charge in [-0.1, -0.05) is 23.7 Å². The van der Waals surface area contributed by atoms with Crippen molar-refractivity contribution in [2.75, 3.05) is 33.4 Å². The minimum absolute atomic E-state index is 0.372. The van der Waals surface area contributed by atoms with E-state index < -0.39 is 0 Å². The fourth-order valence-corrected chi connectivity index (χ4v) is 2.87. The third kappa shape index (κ3) is 5.99. The number of nitrogens with one attached hydrogen (secondary N) is 1. The molecule has 0 aromatic heterocycles. The quantitative estimate of drug-likeness (QED) is 0.416. The van der Waals surface area contributed by atoms with Crippen molar-refractivity contribution in [2.45, 2.75) is 39.7 Å². The van der Waals surface area contributed by atoms with Crippen LogP contribution in [0.3, 0.4) is 0 Å². The first-order chi connectivity index (χ1) is 11.6. The molecule has 1 aliphatic rings. The lowest BCUT2D eigenvalue weighted by atomic mass is 10.0. The van der Waals surface area contributed by atoms with E-state index in [2.05, 4.69) is 36.3 Å². The van der Waals surface area contributed by atoms with Gasteiger partial charge < -0.3 is 15.0 Å². The molecule has 1 fully saturated rings. The predicted octanol–water partition coefficient (Wildman–Crippen LogP) is 3.94. The van der Waals surface area contributed by atoms with Gasteiger partial charge in [0.15, 0.2) is 5.96 Å². The molecule has 0 bridgehead atoms. The molecule has 134 valence electrons. The lowest BCUT2D eigenvalue weighted by Crippen LogP contribution is -2.39. The summed E-state index contributed by atoms with van der Waals surface area (Å²) in [6, 6.07) is 7.99. The summed E-state index contributed by atoms with van der Waals surface area (Å²) in [5, 5.41) is 4.17. The van der Waals surface area contributed by atoms with Crippen LogP contribution < -0.4 is 5.32 Å². The molecule has 1 saturated carbocycles. The van der Waals surface area contributed by atoms with Gasteiger partial charge in [0.2, 0.25) is 0 Å². The highest BCUT2D eigenvalue weighted by atomic mass is 35.5. The molecule has 0 spiro atoms. The number of hydrogen-bond donors (Lipinski definition) is 1. The van der Waals surface area contributed by atoms with E-state index in [0.717, 1.165) is 50.3 Å². The molecule has 1 aromatic rings. The van der Waals surface area contributed by atoms with Crippen LogP contribution in [0.15, 0.2) is 29.3 Å². The Morgan fingerprint density at radius 2 is 2.00 bits per heavy atom. The van der Waals surface area contributed by atoms with E-state index in [1.165, 1.54) is 18.4 Å². The van der Waals surface area contributed by atoms with Crippen molar-refractivity contribution < 1.29 is 4.74 Å². The minimum atomic E-state index is 0.372. The normalized spacial score (nSPS) is 16.1. The molecule has 1 N–H and O–H groups in total. The first kappa shape index (κ1) is 19.1. The molecular formula is C19H30ClN3O. The van der Waals surface area contributed by atoms with Crippen molar-refractivity contribution in [3.05, 3.63) is 34.9 Å². The Kier molecular flexibility index (Phi) is 7.38. The van der Waals surface area contributed by atoms with Crippen LogP contribution in [-0.2, 0) is 11.3 Å². The molecule has 0 saturated heterocycles. The summed E-state index contributed by atoms with van der Waals surface area (Å²) in [5.41, 5.74) is 1.60. The molecule has 5 heteroatoms. The Hall–Kier alpha value is -1.26. The van der Waals surface area contributed by atoms with Gasteiger partial charge >= 0.3 is 0 Å². The Morgan fingerprint density at radius 3 is 2.58 bits per heavy atom. The maximum Gasteiger partial charge on any atom is 0.193 e. The third-order valence-electron chi connectivity index (χ3n) is 4.53. The highest BCUT2D eigenvalue weighted by Crippen LogP contribution is 2.49. The Morgan fingerprint density at radius 1 is 1.29 bits per heavy atom. The number of guanidine groups is 1. The largest absolute Gasteiger partial charge is 0.382 e. The second kappa shape index (κ2) is 9.28. The summed E-state index contributed by atoms with van der Waals surface area (Å²) >= 11 is 5.96. The zero-order chi connectivity index (χ0) is 17.4. The number of hydrogen-bond acceptors (Lipinski definition) is 2. The Labute approximate surface area is 151 Å². The van der Waals surface area contributed by atoms with Gasteiger partial charge in [0.05, 0.1) is 0 Å². The zero-order valence-corrected chi connectivity index (χ0v) is 15.9. The van der Waals surface area contributed by atoms with Gasteiger partial charge in [-0.05, 0) is 56.2 Å². The topological polar surface area (TPSA) is 36.9 Å². The summed E-state index contributed by atoms with van der Waals surface area (Å²) < 4.78 is 5.51. The average molecular weight is 352 g/mol. The summed E-state index contributed by atoms with van der Waals surface area (Å²) in [5.74, 6) is 0.968. The highest BCUT2D eigenvalue weighted by Gasteiger charge is 2.42. The number of aliphatic imine (C=N–C) groups is 1. The van der Waals surface area contributed by atoms with Crippen LogP contribution in [0.2, 0.25) is 5.02 Å². The van der Waals surface area contributed by atoms with Crippen LogP contribution in [-0.4, -0.2) is 44.2 Å². The van der Waals surface area contributed by atoms with Gasteiger partial charge in [0.25, 0.3) is 0 Å². The summed E-state index contributed by atoms with van der Waals surface area (Å²) in [4.78, 5) is 7.06. The van der Waals surface area contributed by atoms with Crippen molar-refractivity contribution in [3.63, 3.8) is 0 Å². The van der Waals surface area contributed by atoms with Crippen molar-refractivity contribution in [2.24, 2.45) is 10.4 Å². The number of benzene rings is 1. The SMILES string of the molecule is CCNC(=NCC1(CCOCC)CC1)N(C)Cc1ccc(Cl)cc1. The Bertz CT molecular complexity index is 526. The van der Waals surface area contributed by atoms with Gasteiger partial charge in [-0.3, -0.25) is 4.99 Å². The highest BCUT2D eigenvalue weighted by molar-refractivity contribution is 6.30. The monoisotopic (exact) mass is 351 g/mol. The van der Waals surface area contributed by atoms with Gasteiger partial charge in [-0.15, -0.1) is 0 Å². The van der Waals surface area contributed by atoms with Gasteiger partial charge in [0, 0.05) is 44.9 Å². The molecule has 1 aliphatic carbocycles. The maximum absolute atomic E-state index is 5.96. The molecule has 2 rings (SSSR count). The maximum atomic E-state index is 5.96. The van der Waals surface area contributed by atoms with Gasteiger partial charge in [0.1, 0.15) is 0 Å². The first-order valence-corrected chi connectivity index (χ1v) is 9.28. The van der Waals surface area contributed by atoms with Crippen molar-refractivity contribution in [1.82, 2.24) is 10.2 Å². The predicted molar refractivity (Wildman–Crippen MR) is 102 cm³/mol. The summed E-state index contributed by atoms with van der Waals surface area (Å²) in [6.07, 6.45) is 3.65. The van der Waals surface area contributed by atoms with Gasteiger partial charge in [-0.2, -0.15) is 0 Å². The van der Waals surface area contributed by atoms with E-state index in [-0.39, 0.29) is 0 Å².